The number of aromatic nitrogens is 2. The van der Waals surface area contributed by atoms with E-state index in [4.69, 9.17) is 0 Å². The molecule has 16 heavy (non-hydrogen) atoms. The molecule has 2 aromatic carbocycles. The summed E-state index contributed by atoms with van der Waals surface area (Å²) in [7, 11) is 0. The number of aliphatic hydroxyl groups excluding tert-OH is 1. The lowest BCUT2D eigenvalue weighted by atomic mass is 10.1. The third-order valence-corrected chi connectivity index (χ3v) is 2.78. The van der Waals surface area contributed by atoms with Crippen molar-refractivity contribution in [2.75, 3.05) is 0 Å². The Kier molecular flexibility index (Phi) is 1.80. The predicted molar refractivity (Wildman–Crippen MR) is 64.0 cm³/mol. The monoisotopic (exact) mass is 210 g/mol. The summed E-state index contributed by atoms with van der Waals surface area (Å²) in [6, 6.07) is 9.67. The van der Waals surface area contributed by atoms with Gasteiger partial charge in [-0.05, 0) is 30.5 Å². The van der Waals surface area contributed by atoms with Gasteiger partial charge < -0.3 is 5.11 Å². The summed E-state index contributed by atoms with van der Waals surface area (Å²) in [6.07, 6.45) is 1.56. The first-order valence-corrected chi connectivity index (χ1v) is 5.09. The third kappa shape index (κ3) is 1.15. The average molecular weight is 210 g/mol. The largest absolute Gasteiger partial charge is 0.512 e. The molecular weight excluding hydrogens is 200 g/mol. The van der Waals surface area contributed by atoms with Crippen LogP contribution in [0.4, 0.5) is 0 Å². The molecule has 1 N–H and O–H groups in total. The predicted octanol–water partition coefficient (Wildman–Crippen LogP) is 2.19. The van der Waals surface area contributed by atoms with E-state index in [1.165, 1.54) is 0 Å². The molecule has 0 amide bonds. The molecule has 3 nitrogen and oxygen atoms in total. The summed E-state index contributed by atoms with van der Waals surface area (Å²) < 4.78 is 0. The Labute approximate surface area is 92.1 Å². The zero-order chi connectivity index (χ0) is 11.1. The number of hydrogen-bond donors (Lipinski definition) is 1. The number of aliphatic hydroxyl groups is 1. The van der Waals surface area contributed by atoms with Crippen LogP contribution in [0, 0.1) is 0 Å². The summed E-state index contributed by atoms with van der Waals surface area (Å²) in [5, 5.41) is 12.5. The number of nitrogens with zero attached hydrogens (tertiary/aromatic N) is 2. The van der Waals surface area contributed by atoms with E-state index in [0.717, 1.165) is 27.0 Å². The standard InChI is InChI=1S/C13H10N2O/c1-8(16)9-5-6-12-13-10(9)3-2-4-11(13)14-7-15-12/h2-7,16H,1H3/b9-8-. The van der Waals surface area contributed by atoms with Gasteiger partial charge in [-0.1, -0.05) is 12.1 Å². The number of benzene rings is 2. The van der Waals surface area contributed by atoms with E-state index in [2.05, 4.69) is 9.97 Å². The van der Waals surface area contributed by atoms with Crippen molar-refractivity contribution >= 4 is 27.6 Å². The van der Waals surface area contributed by atoms with E-state index in [1.54, 1.807) is 13.3 Å². The van der Waals surface area contributed by atoms with Crippen molar-refractivity contribution in [1.82, 2.24) is 9.97 Å². The number of hydrogen-bond acceptors (Lipinski definition) is 3. The van der Waals surface area contributed by atoms with Crippen molar-refractivity contribution in [2.45, 2.75) is 6.92 Å². The Morgan fingerprint density at radius 2 is 1.81 bits per heavy atom. The molecule has 0 saturated carbocycles. The van der Waals surface area contributed by atoms with E-state index in [9.17, 15) is 5.11 Å². The summed E-state index contributed by atoms with van der Waals surface area (Å²) in [6.45, 7) is 1.69. The summed E-state index contributed by atoms with van der Waals surface area (Å²) in [5.74, 6) is 0.318. The Balaban J connectivity index is 2.72. The van der Waals surface area contributed by atoms with Crippen LogP contribution < -0.4 is 5.22 Å². The van der Waals surface area contributed by atoms with E-state index in [-0.39, 0.29) is 0 Å². The van der Waals surface area contributed by atoms with E-state index in [1.807, 2.05) is 30.3 Å². The van der Waals surface area contributed by atoms with Crippen molar-refractivity contribution < 1.29 is 5.11 Å². The van der Waals surface area contributed by atoms with Crippen LogP contribution in [0.15, 0.2) is 36.7 Å². The molecule has 3 heteroatoms. The van der Waals surface area contributed by atoms with Crippen LogP contribution in [0.1, 0.15) is 6.92 Å². The quantitative estimate of drug-likeness (QED) is 0.618. The minimum Gasteiger partial charge on any atom is -0.512 e. The van der Waals surface area contributed by atoms with Crippen LogP contribution >= 0.6 is 0 Å². The smallest absolute Gasteiger partial charge is 0.116 e. The third-order valence-electron chi connectivity index (χ3n) is 2.78. The van der Waals surface area contributed by atoms with Crippen LogP contribution in [0.2, 0.25) is 0 Å². The number of rotatable bonds is 0. The summed E-state index contributed by atoms with van der Waals surface area (Å²) >= 11 is 0. The zero-order valence-electron chi connectivity index (χ0n) is 8.81. The fourth-order valence-electron chi connectivity index (χ4n) is 2.05. The van der Waals surface area contributed by atoms with Gasteiger partial charge in [-0.2, -0.15) is 0 Å². The van der Waals surface area contributed by atoms with E-state index in [0.29, 0.717) is 5.76 Å². The Hall–Kier alpha value is -2.16. The minimum absolute atomic E-state index is 0.318. The Morgan fingerprint density at radius 3 is 2.56 bits per heavy atom. The molecule has 3 aromatic rings. The molecule has 0 spiro atoms. The molecular formula is C13H10N2O. The van der Waals surface area contributed by atoms with Gasteiger partial charge in [0.25, 0.3) is 0 Å². The first-order valence-electron chi connectivity index (χ1n) is 5.09. The molecule has 0 aliphatic heterocycles. The highest BCUT2D eigenvalue weighted by molar-refractivity contribution is 6.06. The van der Waals surface area contributed by atoms with Gasteiger partial charge in [-0.15, -0.1) is 0 Å². The molecule has 0 aliphatic carbocycles. The highest BCUT2D eigenvalue weighted by Crippen LogP contribution is 2.20. The fraction of sp³-hybridized carbons (Fsp3) is 0.0769. The second-order valence-corrected chi connectivity index (χ2v) is 3.79. The Bertz CT molecular complexity index is 707. The van der Waals surface area contributed by atoms with Gasteiger partial charge in [0.1, 0.15) is 6.33 Å². The van der Waals surface area contributed by atoms with Crippen molar-refractivity contribution in [3.8, 4) is 0 Å². The van der Waals surface area contributed by atoms with Gasteiger partial charge in [0.15, 0.2) is 0 Å². The van der Waals surface area contributed by atoms with Gasteiger partial charge in [-0.3, -0.25) is 0 Å². The average Bonchev–Trinajstić information content (AvgIpc) is 2.30. The van der Waals surface area contributed by atoms with Crippen molar-refractivity contribution in [3.63, 3.8) is 0 Å². The first-order chi connectivity index (χ1) is 7.77. The minimum atomic E-state index is 0.318. The normalized spacial score (nSPS) is 13.3. The molecule has 1 aromatic heterocycles. The van der Waals surface area contributed by atoms with Crippen molar-refractivity contribution in [1.29, 1.82) is 0 Å². The highest BCUT2D eigenvalue weighted by Gasteiger charge is 2.05. The van der Waals surface area contributed by atoms with Gasteiger partial charge in [0.2, 0.25) is 0 Å². The van der Waals surface area contributed by atoms with Crippen LogP contribution in [-0.4, -0.2) is 15.1 Å². The van der Waals surface area contributed by atoms with Crippen molar-refractivity contribution in [2.24, 2.45) is 0 Å². The molecule has 0 atom stereocenters. The van der Waals surface area contributed by atoms with Gasteiger partial charge in [0.05, 0.1) is 16.8 Å². The lowest BCUT2D eigenvalue weighted by Gasteiger charge is -2.04. The van der Waals surface area contributed by atoms with Crippen LogP contribution in [0.25, 0.3) is 27.6 Å². The second kappa shape index (κ2) is 3.17. The van der Waals surface area contributed by atoms with E-state index >= 15 is 0 Å². The van der Waals surface area contributed by atoms with Crippen molar-refractivity contribution in [3.05, 3.63) is 41.9 Å². The topological polar surface area (TPSA) is 46.0 Å². The maximum absolute atomic E-state index is 9.64. The molecule has 3 rings (SSSR count). The lowest BCUT2D eigenvalue weighted by molar-refractivity contribution is 0.499. The van der Waals surface area contributed by atoms with Crippen LogP contribution in [0.5, 0.6) is 0 Å². The molecule has 1 heterocycles. The fourth-order valence-corrected chi connectivity index (χ4v) is 2.05. The molecule has 0 saturated heterocycles. The molecule has 0 unspecified atom stereocenters. The second-order valence-electron chi connectivity index (χ2n) is 3.79. The van der Waals surface area contributed by atoms with E-state index < -0.39 is 0 Å². The summed E-state index contributed by atoms with van der Waals surface area (Å²) in [5.41, 5.74) is 1.82. The molecule has 78 valence electrons. The Morgan fingerprint density at radius 1 is 1.06 bits per heavy atom. The lowest BCUT2D eigenvalue weighted by Crippen LogP contribution is -2.06. The molecule has 0 bridgehead atoms. The maximum atomic E-state index is 9.64. The van der Waals surface area contributed by atoms with Crippen LogP contribution in [0.3, 0.4) is 0 Å². The summed E-state index contributed by atoms with van der Waals surface area (Å²) in [4.78, 5) is 8.46. The van der Waals surface area contributed by atoms with Gasteiger partial charge in [0, 0.05) is 10.6 Å². The first kappa shape index (κ1) is 9.09. The highest BCUT2D eigenvalue weighted by atomic mass is 16.3. The van der Waals surface area contributed by atoms with Gasteiger partial charge in [-0.25, -0.2) is 9.97 Å². The maximum Gasteiger partial charge on any atom is 0.116 e. The molecule has 0 radical (unpaired) electrons. The molecule has 0 fully saturated rings. The molecule has 0 aliphatic rings. The van der Waals surface area contributed by atoms with Gasteiger partial charge >= 0.3 is 0 Å². The SMILES string of the molecule is C/C(O)=c1\ccc2ncnc3cccc1c32. The van der Waals surface area contributed by atoms with Crippen LogP contribution in [-0.2, 0) is 0 Å². The zero-order valence-corrected chi connectivity index (χ0v) is 8.81.